The number of nitrogens with zero attached hydrogens (tertiary/aromatic N) is 4. The number of hydrogen-bond donors (Lipinski definition) is 3. The number of likely N-dealkylation sites (tertiary alicyclic amines) is 1. The van der Waals surface area contributed by atoms with E-state index in [-0.39, 0.29) is 17.9 Å². The van der Waals surface area contributed by atoms with Gasteiger partial charge in [-0.1, -0.05) is 6.07 Å². The lowest BCUT2D eigenvalue weighted by Gasteiger charge is -2.31. The topological polar surface area (TPSA) is 152 Å². The van der Waals surface area contributed by atoms with Crippen LogP contribution in [0.3, 0.4) is 0 Å². The summed E-state index contributed by atoms with van der Waals surface area (Å²) in [4.78, 5) is 51.3. The predicted octanol–water partition coefficient (Wildman–Crippen LogP) is 2.94. The van der Waals surface area contributed by atoms with Gasteiger partial charge in [0, 0.05) is 25.1 Å². The summed E-state index contributed by atoms with van der Waals surface area (Å²) in [5, 5.41) is 5.54. The van der Waals surface area contributed by atoms with Crippen LogP contribution in [-0.2, 0) is 4.74 Å². The fourth-order valence-electron chi connectivity index (χ4n) is 3.33. The van der Waals surface area contributed by atoms with Gasteiger partial charge in [-0.25, -0.2) is 19.4 Å². The number of carbonyl (C=O) groups excluding carboxylic acids is 3. The Morgan fingerprint density at radius 2 is 2.03 bits per heavy atom. The Bertz CT molecular complexity index is 1140. The average Bonchev–Trinajstić information content (AvgIpc) is 3.24. The lowest BCUT2D eigenvalue weighted by Crippen LogP contribution is -2.46. The van der Waals surface area contributed by atoms with Crippen LogP contribution >= 0.6 is 11.3 Å². The smallest absolute Gasteiger partial charge is 0.341 e. The molecule has 1 fully saturated rings. The van der Waals surface area contributed by atoms with Crippen LogP contribution in [0.25, 0.3) is 10.6 Å². The average molecular weight is 468 g/mol. The molecule has 12 heteroatoms. The second kappa shape index (κ2) is 10.0. The van der Waals surface area contributed by atoms with Gasteiger partial charge in [-0.2, -0.15) is 0 Å². The standard InChI is InChI=1S/C21H21N7O4S/c22-20(30)28-9-3-4-13(12-28)32-19(29)14-10-16(15-5-1-2-6-24-15)33-18(14)27-21(31)26-17-11-23-7-8-25-17/h1-2,5-8,10-11,13H,3-4,9,12H2,(H2,22,30)(H2,25,26,27,31). The minimum atomic E-state index is -0.612. The van der Waals surface area contributed by atoms with E-state index in [1.165, 1.54) is 34.8 Å². The van der Waals surface area contributed by atoms with Crippen molar-refractivity contribution in [3.05, 3.63) is 54.6 Å². The summed E-state index contributed by atoms with van der Waals surface area (Å²) in [6.07, 6.45) is 6.77. The van der Waals surface area contributed by atoms with Gasteiger partial charge in [0.15, 0.2) is 5.82 Å². The van der Waals surface area contributed by atoms with Crippen LogP contribution in [0.5, 0.6) is 0 Å². The van der Waals surface area contributed by atoms with E-state index < -0.39 is 24.1 Å². The van der Waals surface area contributed by atoms with Crippen LogP contribution in [-0.4, -0.2) is 57.1 Å². The number of primary amides is 1. The molecule has 1 saturated heterocycles. The van der Waals surface area contributed by atoms with E-state index >= 15 is 0 Å². The number of anilines is 2. The molecule has 170 valence electrons. The first-order chi connectivity index (χ1) is 16.0. The second-order valence-corrected chi connectivity index (χ2v) is 8.24. The van der Waals surface area contributed by atoms with Gasteiger partial charge in [0.05, 0.1) is 28.9 Å². The lowest BCUT2D eigenvalue weighted by molar-refractivity contribution is 0.0129. The number of amides is 4. The van der Waals surface area contributed by atoms with Crippen molar-refractivity contribution < 1.29 is 19.1 Å². The highest BCUT2D eigenvalue weighted by molar-refractivity contribution is 7.20. The molecule has 4 amide bonds. The van der Waals surface area contributed by atoms with Crippen molar-refractivity contribution in [1.29, 1.82) is 0 Å². The minimum Gasteiger partial charge on any atom is -0.457 e. The molecule has 4 rings (SSSR count). The molecule has 0 radical (unpaired) electrons. The number of nitrogens with two attached hydrogens (primary N) is 1. The van der Waals surface area contributed by atoms with E-state index in [1.807, 2.05) is 6.07 Å². The Labute approximate surface area is 193 Å². The molecule has 1 aliphatic heterocycles. The van der Waals surface area contributed by atoms with Crippen molar-refractivity contribution in [1.82, 2.24) is 19.9 Å². The minimum absolute atomic E-state index is 0.186. The molecule has 0 spiro atoms. The molecular weight excluding hydrogens is 446 g/mol. The Hall–Kier alpha value is -4.06. The van der Waals surface area contributed by atoms with Gasteiger partial charge in [-0.3, -0.25) is 20.6 Å². The SMILES string of the molecule is NC(=O)N1CCCC(OC(=O)c2cc(-c3ccccn3)sc2NC(=O)Nc2cnccn2)C1. The van der Waals surface area contributed by atoms with Gasteiger partial charge in [-0.05, 0) is 31.0 Å². The van der Waals surface area contributed by atoms with E-state index in [1.54, 1.807) is 24.4 Å². The monoisotopic (exact) mass is 467 g/mol. The normalized spacial score (nSPS) is 15.5. The van der Waals surface area contributed by atoms with Crippen LogP contribution in [0, 0.1) is 0 Å². The van der Waals surface area contributed by atoms with Crippen LogP contribution < -0.4 is 16.4 Å². The maximum Gasteiger partial charge on any atom is 0.341 e. The fraction of sp³-hybridized carbons (Fsp3) is 0.238. The predicted molar refractivity (Wildman–Crippen MR) is 122 cm³/mol. The van der Waals surface area contributed by atoms with Gasteiger partial charge in [0.25, 0.3) is 0 Å². The van der Waals surface area contributed by atoms with Crippen molar-refractivity contribution in [3.8, 4) is 10.6 Å². The number of urea groups is 2. The Morgan fingerprint density at radius 3 is 2.76 bits per heavy atom. The fourth-order valence-corrected chi connectivity index (χ4v) is 4.35. The Kier molecular flexibility index (Phi) is 6.74. The first-order valence-corrected chi connectivity index (χ1v) is 11.0. The maximum absolute atomic E-state index is 13.0. The molecule has 1 atom stereocenters. The number of hydrogen-bond acceptors (Lipinski definition) is 8. The zero-order valence-corrected chi connectivity index (χ0v) is 18.2. The number of esters is 1. The molecule has 3 aromatic heterocycles. The Morgan fingerprint density at radius 1 is 1.15 bits per heavy atom. The summed E-state index contributed by atoms with van der Waals surface area (Å²) in [6.45, 7) is 0.759. The van der Waals surface area contributed by atoms with E-state index in [4.69, 9.17) is 10.5 Å². The molecule has 4 N–H and O–H groups in total. The molecule has 33 heavy (non-hydrogen) atoms. The third kappa shape index (κ3) is 5.60. The van der Waals surface area contributed by atoms with Crippen LogP contribution in [0.15, 0.2) is 49.1 Å². The van der Waals surface area contributed by atoms with Crippen molar-refractivity contribution in [2.45, 2.75) is 18.9 Å². The van der Waals surface area contributed by atoms with Gasteiger partial charge in [-0.15, -0.1) is 11.3 Å². The highest BCUT2D eigenvalue weighted by Gasteiger charge is 2.28. The summed E-state index contributed by atoms with van der Waals surface area (Å²) in [5.74, 6) is -0.353. The first kappa shape index (κ1) is 22.1. The van der Waals surface area contributed by atoms with E-state index in [0.29, 0.717) is 35.0 Å². The largest absolute Gasteiger partial charge is 0.457 e. The number of rotatable bonds is 5. The number of ether oxygens (including phenoxy) is 1. The zero-order valence-electron chi connectivity index (χ0n) is 17.4. The van der Waals surface area contributed by atoms with Crippen LogP contribution in [0.2, 0.25) is 0 Å². The number of pyridine rings is 1. The summed E-state index contributed by atoms with van der Waals surface area (Å²) in [5.41, 5.74) is 6.19. The van der Waals surface area contributed by atoms with Crippen molar-refractivity contribution >= 4 is 40.2 Å². The third-order valence-corrected chi connectivity index (χ3v) is 5.94. The molecule has 11 nitrogen and oxygen atoms in total. The number of carbonyl (C=O) groups is 3. The second-order valence-electron chi connectivity index (χ2n) is 7.19. The van der Waals surface area contributed by atoms with E-state index in [9.17, 15) is 14.4 Å². The molecule has 0 aromatic carbocycles. The molecular formula is C21H21N7O4S. The van der Waals surface area contributed by atoms with E-state index in [0.717, 1.165) is 0 Å². The number of thiophene rings is 1. The van der Waals surface area contributed by atoms with Crippen LogP contribution in [0.4, 0.5) is 20.4 Å². The van der Waals surface area contributed by atoms with Crippen molar-refractivity contribution in [3.63, 3.8) is 0 Å². The summed E-state index contributed by atoms with van der Waals surface area (Å²) >= 11 is 1.19. The summed E-state index contributed by atoms with van der Waals surface area (Å²) < 4.78 is 5.65. The number of aromatic nitrogens is 3. The molecule has 0 bridgehead atoms. The number of piperidine rings is 1. The summed E-state index contributed by atoms with van der Waals surface area (Å²) in [6, 6.07) is 5.91. The van der Waals surface area contributed by atoms with Crippen molar-refractivity contribution in [2.75, 3.05) is 23.7 Å². The van der Waals surface area contributed by atoms with Gasteiger partial charge >= 0.3 is 18.0 Å². The molecule has 0 saturated carbocycles. The molecule has 0 aliphatic carbocycles. The third-order valence-electron chi connectivity index (χ3n) is 4.86. The molecule has 1 unspecified atom stereocenters. The maximum atomic E-state index is 13.0. The van der Waals surface area contributed by atoms with Crippen molar-refractivity contribution in [2.24, 2.45) is 5.73 Å². The molecule has 3 aromatic rings. The first-order valence-electron chi connectivity index (χ1n) is 10.1. The zero-order chi connectivity index (χ0) is 23.2. The molecule has 1 aliphatic rings. The summed E-state index contributed by atoms with van der Waals surface area (Å²) in [7, 11) is 0. The van der Waals surface area contributed by atoms with Gasteiger partial charge in [0.1, 0.15) is 11.1 Å². The quantitative estimate of drug-likeness (QED) is 0.488. The van der Waals surface area contributed by atoms with E-state index in [2.05, 4.69) is 25.6 Å². The highest BCUT2D eigenvalue weighted by atomic mass is 32.1. The highest BCUT2D eigenvalue weighted by Crippen LogP contribution is 2.35. The lowest BCUT2D eigenvalue weighted by atomic mass is 10.1. The Balaban J connectivity index is 1.54. The number of nitrogens with one attached hydrogen (secondary N) is 2. The van der Waals surface area contributed by atoms with Crippen LogP contribution in [0.1, 0.15) is 23.2 Å². The molecule has 4 heterocycles. The van der Waals surface area contributed by atoms with Gasteiger partial charge < -0.3 is 15.4 Å². The van der Waals surface area contributed by atoms with Gasteiger partial charge in [0.2, 0.25) is 0 Å².